The standard InChI is InChI=1S/C21H18ClN3O5S2/c22-16-7-6-14(12-17(16)25(29)30)13-18-20(27)24(21(28)32-18)10-9-23-19(26)8-11-31-15-4-2-1-3-5-15/h1-7,12-13H,8-11H2,(H,23,26)/b18-13-. The van der Waals surface area contributed by atoms with Crippen molar-refractivity contribution in [1.82, 2.24) is 10.2 Å². The van der Waals surface area contributed by atoms with Crippen LogP contribution in [0.25, 0.3) is 6.08 Å². The first-order chi connectivity index (χ1) is 15.3. The maximum Gasteiger partial charge on any atom is 0.293 e. The third kappa shape index (κ3) is 6.35. The minimum atomic E-state index is -0.619. The zero-order chi connectivity index (χ0) is 23.1. The number of imide groups is 1. The Balaban J connectivity index is 1.49. The lowest BCUT2D eigenvalue weighted by Crippen LogP contribution is -2.37. The predicted octanol–water partition coefficient (Wildman–Crippen LogP) is 4.58. The van der Waals surface area contributed by atoms with Gasteiger partial charge in [0.1, 0.15) is 5.02 Å². The third-order valence-electron chi connectivity index (χ3n) is 4.34. The molecule has 3 amide bonds. The van der Waals surface area contributed by atoms with Crippen molar-refractivity contribution in [3.63, 3.8) is 0 Å². The molecule has 1 fully saturated rings. The van der Waals surface area contributed by atoms with Gasteiger partial charge in [0.05, 0.1) is 9.83 Å². The fourth-order valence-electron chi connectivity index (χ4n) is 2.78. The lowest BCUT2D eigenvalue weighted by Gasteiger charge is -2.13. The number of thioether (sulfide) groups is 2. The van der Waals surface area contributed by atoms with Crippen LogP contribution < -0.4 is 5.32 Å². The van der Waals surface area contributed by atoms with E-state index in [9.17, 15) is 24.5 Å². The van der Waals surface area contributed by atoms with E-state index in [1.807, 2.05) is 30.3 Å². The van der Waals surface area contributed by atoms with E-state index in [0.29, 0.717) is 17.7 Å². The van der Waals surface area contributed by atoms with Crippen LogP contribution in [0.4, 0.5) is 10.5 Å². The van der Waals surface area contributed by atoms with Gasteiger partial charge in [0.25, 0.3) is 16.8 Å². The van der Waals surface area contributed by atoms with Crippen molar-refractivity contribution in [2.75, 3.05) is 18.8 Å². The average Bonchev–Trinajstić information content (AvgIpc) is 3.03. The highest BCUT2D eigenvalue weighted by Gasteiger charge is 2.34. The Morgan fingerprint density at radius 1 is 1.22 bits per heavy atom. The van der Waals surface area contributed by atoms with Crippen LogP contribution in [0.2, 0.25) is 5.02 Å². The van der Waals surface area contributed by atoms with Crippen molar-refractivity contribution in [3.8, 4) is 0 Å². The molecule has 0 atom stereocenters. The summed E-state index contributed by atoms with van der Waals surface area (Å²) in [6.07, 6.45) is 1.73. The topological polar surface area (TPSA) is 110 Å². The lowest BCUT2D eigenvalue weighted by atomic mass is 10.2. The summed E-state index contributed by atoms with van der Waals surface area (Å²) in [5, 5.41) is 13.3. The molecule has 1 aliphatic rings. The first-order valence-electron chi connectivity index (χ1n) is 9.49. The van der Waals surface area contributed by atoms with Gasteiger partial charge in [-0.25, -0.2) is 0 Å². The molecule has 0 aliphatic carbocycles. The summed E-state index contributed by atoms with van der Waals surface area (Å²) in [4.78, 5) is 49.4. The van der Waals surface area contributed by atoms with Crippen LogP contribution in [0.15, 0.2) is 58.3 Å². The van der Waals surface area contributed by atoms with E-state index in [2.05, 4.69) is 5.32 Å². The van der Waals surface area contributed by atoms with Gasteiger partial charge in [-0.05, 0) is 41.6 Å². The summed E-state index contributed by atoms with van der Waals surface area (Å²) in [7, 11) is 0. The Morgan fingerprint density at radius 2 is 1.97 bits per heavy atom. The quantitative estimate of drug-likeness (QED) is 0.236. The highest BCUT2D eigenvalue weighted by molar-refractivity contribution is 8.18. The van der Waals surface area contributed by atoms with Gasteiger partial charge < -0.3 is 5.32 Å². The second-order valence-electron chi connectivity index (χ2n) is 6.56. The van der Waals surface area contributed by atoms with Crippen molar-refractivity contribution in [2.24, 2.45) is 0 Å². The van der Waals surface area contributed by atoms with Gasteiger partial charge in [-0.2, -0.15) is 0 Å². The van der Waals surface area contributed by atoms with E-state index in [4.69, 9.17) is 11.6 Å². The fraction of sp³-hybridized carbons (Fsp3) is 0.190. The molecule has 2 aromatic carbocycles. The molecule has 0 spiro atoms. The zero-order valence-electron chi connectivity index (χ0n) is 16.7. The minimum absolute atomic E-state index is 0.0156. The number of nitrogens with zero attached hydrogens (tertiary/aromatic N) is 2. The lowest BCUT2D eigenvalue weighted by molar-refractivity contribution is -0.384. The largest absolute Gasteiger partial charge is 0.354 e. The minimum Gasteiger partial charge on any atom is -0.354 e. The Hall–Kier alpha value is -2.82. The molecule has 0 radical (unpaired) electrons. The molecule has 0 bridgehead atoms. The van der Waals surface area contributed by atoms with Crippen LogP contribution in [-0.2, 0) is 9.59 Å². The number of carbonyl (C=O) groups is 3. The van der Waals surface area contributed by atoms with Crippen molar-refractivity contribution in [2.45, 2.75) is 11.3 Å². The number of nitro groups is 1. The van der Waals surface area contributed by atoms with Crippen molar-refractivity contribution >= 4 is 63.9 Å². The first kappa shape index (κ1) is 23.8. The maximum absolute atomic E-state index is 12.6. The number of nitro benzene ring substituents is 1. The van der Waals surface area contributed by atoms with Gasteiger partial charge in [0, 0.05) is 36.2 Å². The summed E-state index contributed by atoms with van der Waals surface area (Å²) in [5.74, 6) is -0.0520. The molecule has 166 valence electrons. The molecule has 1 heterocycles. The molecule has 0 unspecified atom stereocenters. The highest BCUT2D eigenvalue weighted by atomic mass is 35.5. The van der Waals surface area contributed by atoms with Gasteiger partial charge in [-0.1, -0.05) is 35.9 Å². The molecular weight excluding hydrogens is 474 g/mol. The number of hydrogen-bond donors (Lipinski definition) is 1. The number of amides is 3. The number of nitrogens with one attached hydrogen (secondary N) is 1. The molecule has 2 aromatic rings. The van der Waals surface area contributed by atoms with Gasteiger partial charge in [0.15, 0.2) is 0 Å². The Labute approximate surface area is 197 Å². The summed E-state index contributed by atoms with van der Waals surface area (Å²) in [6.45, 7) is 0.187. The second kappa shape index (κ2) is 11.2. The van der Waals surface area contributed by atoms with Crippen LogP contribution in [0.1, 0.15) is 12.0 Å². The molecule has 1 aliphatic heterocycles. The average molecular weight is 492 g/mol. The Morgan fingerprint density at radius 3 is 2.69 bits per heavy atom. The normalized spacial score (nSPS) is 14.8. The fourth-order valence-corrected chi connectivity index (χ4v) is 4.70. The van der Waals surface area contributed by atoms with E-state index in [1.165, 1.54) is 24.3 Å². The molecule has 1 N–H and O–H groups in total. The molecule has 8 nitrogen and oxygen atoms in total. The smallest absolute Gasteiger partial charge is 0.293 e. The molecule has 3 rings (SSSR count). The van der Waals surface area contributed by atoms with Crippen molar-refractivity contribution in [3.05, 3.63) is 74.1 Å². The molecular formula is C21H18ClN3O5S2. The third-order valence-corrected chi connectivity index (χ3v) is 6.58. The van der Waals surface area contributed by atoms with Gasteiger partial charge in [-0.15, -0.1) is 11.8 Å². The summed E-state index contributed by atoms with van der Waals surface area (Å²) in [5.41, 5.74) is 0.101. The van der Waals surface area contributed by atoms with Crippen LogP contribution >= 0.6 is 35.1 Å². The number of rotatable bonds is 9. The van der Waals surface area contributed by atoms with Gasteiger partial charge in [-0.3, -0.25) is 29.4 Å². The second-order valence-corrected chi connectivity index (χ2v) is 9.13. The SMILES string of the molecule is O=C(CCSc1ccccc1)NCCN1C(=O)S/C(=C\c2ccc(Cl)c([N+](=O)[O-])c2)C1=O. The molecule has 11 heteroatoms. The Bertz CT molecular complexity index is 1080. The first-order valence-corrected chi connectivity index (χ1v) is 11.7. The van der Waals surface area contributed by atoms with Gasteiger partial charge in [0.2, 0.25) is 5.91 Å². The molecule has 1 saturated heterocycles. The number of benzene rings is 2. The summed E-state index contributed by atoms with van der Waals surface area (Å²) < 4.78 is 0. The van der Waals surface area contributed by atoms with Crippen molar-refractivity contribution in [1.29, 1.82) is 0 Å². The van der Waals surface area contributed by atoms with Crippen molar-refractivity contribution < 1.29 is 19.3 Å². The van der Waals surface area contributed by atoms with E-state index in [-0.39, 0.29) is 34.6 Å². The molecule has 0 saturated carbocycles. The maximum atomic E-state index is 12.6. The van der Waals surface area contributed by atoms with E-state index in [1.54, 1.807) is 11.8 Å². The van der Waals surface area contributed by atoms with Crippen LogP contribution in [0, 0.1) is 10.1 Å². The summed E-state index contributed by atoms with van der Waals surface area (Å²) in [6, 6.07) is 13.9. The Kier molecular flexibility index (Phi) is 8.32. The number of halogens is 1. The number of hydrogen-bond acceptors (Lipinski definition) is 7. The van der Waals surface area contributed by atoms with E-state index in [0.717, 1.165) is 21.6 Å². The molecule has 0 aromatic heterocycles. The van der Waals surface area contributed by atoms with Crippen LogP contribution in [-0.4, -0.2) is 45.7 Å². The number of carbonyl (C=O) groups excluding carboxylic acids is 3. The van der Waals surface area contributed by atoms with Crippen LogP contribution in [0.5, 0.6) is 0 Å². The molecule has 32 heavy (non-hydrogen) atoms. The monoisotopic (exact) mass is 491 g/mol. The highest BCUT2D eigenvalue weighted by Crippen LogP contribution is 2.33. The predicted molar refractivity (Wildman–Crippen MR) is 126 cm³/mol. The van der Waals surface area contributed by atoms with Gasteiger partial charge >= 0.3 is 0 Å². The van der Waals surface area contributed by atoms with Crippen LogP contribution in [0.3, 0.4) is 0 Å². The zero-order valence-corrected chi connectivity index (χ0v) is 19.0. The summed E-state index contributed by atoms with van der Waals surface area (Å²) >= 11 is 8.11. The van der Waals surface area contributed by atoms with E-state index < -0.39 is 16.1 Å². The van der Waals surface area contributed by atoms with E-state index >= 15 is 0 Å².